The van der Waals surface area contributed by atoms with E-state index < -0.39 is 23.3 Å². The number of nitrogens with one attached hydrogen (secondary N) is 1. The summed E-state index contributed by atoms with van der Waals surface area (Å²) in [5.41, 5.74) is 0.795. The Morgan fingerprint density at radius 2 is 1.85 bits per heavy atom. The summed E-state index contributed by atoms with van der Waals surface area (Å²) in [5.74, 6) is -2.41. The molecule has 1 aromatic carbocycles. The summed E-state index contributed by atoms with van der Waals surface area (Å²) in [7, 11) is 0. The maximum absolute atomic E-state index is 14.6. The van der Waals surface area contributed by atoms with E-state index in [-0.39, 0.29) is 28.2 Å². The Balaban J connectivity index is 1.34. The quantitative estimate of drug-likeness (QED) is 0.372. The number of halogens is 1. The van der Waals surface area contributed by atoms with Gasteiger partial charge in [-0.2, -0.15) is 0 Å². The van der Waals surface area contributed by atoms with Gasteiger partial charge in [-0.05, 0) is 25.0 Å². The normalized spacial score (nSPS) is 14.5. The number of aromatic nitrogens is 5. The van der Waals surface area contributed by atoms with Crippen molar-refractivity contribution in [1.29, 1.82) is 0 Å². The number of carbonyl (C=O) groups excluding carboxylic acids is 3. The summed E-state index contributed by atoms with van der Waals surface area (Å²) >= 11 is 0. The highest BCUT2D eigenvalue weighted by atomic mass is 19.1. The number of carbonyl (C=O) groups is 3. The topological polar surface area (TPSA) is 114 Å². The average molecular weight is 446 g/mol. The third-order valence-corrected chi connectivity index (χ3v) is 5.92. The van der Waals surface area contributed by atoms with Crippen LogP contribution in [-0.4, -0.2) is 60.4 Å². The molecular formula is C23H19FN6O3. The molecule has 5 rings (SSSR count). The van der Waals surface area contributed by atoms with Gasteiger partial charge >= 0.3 is 0 Å². The van der Waals surface area contributed by atoms with E-state index in [2.05, 4.69) is 20.3 Å². The highest BCUT2D eigenvalue weighted by Gasteiger charge is 2.33. The zero-order valence-electron chi connectivity index (χ0n) is 17.4. The van der Waals surface area contributed by atoms with Crippen LogP contribution < -0.4 is 0 Å². The smallest absolute Gasteiger partial charge is 0.253 e. The minimum Gasteiger partial charge on any atom is -0.357 e. The van der Waals surface area contributed by atoms with Gasteiger partial charge in [0.05, 0.1) is 35.1 Å². The molecule has 4 aromatic rings. The molecule has 10 heteroatoms. The summed E-state index contributed by atoms with van der Waals surface area (Å²) < 4.78 is 16.0. The van der Waals surface area contributed by atoms with Gasteiger partial charge in [-0.3, -0.25) is 14.4 Å². The maximum atomic E-state index is 14.6. The molecule has 0 aliphatic carbocycles. The molecule has 0 unspecified atom stereocenters. The first kappa shape index (κ1) is 20.7. The lowest BCUT2D eigenvalue weighted by Gasteiger charge is -2.31. The highest BCUT2D eigenvalue weighted by Crippen LogP contribution is 2.28. The summed E-state index contributed by atoms with van der Waals surface area (Å²) in [6.07, 6.45) is 6.05. The Morgan fingerprint density at radius 1 is 1.09 bits per heavy atom. The summed E-state index contributed by atoms with van der Waals surface area (Å²) in [6, 6.07) is 8.93. The number of rotatable bonds is 5. The van der Waals surface area contributed by atoms with Crippen LogP contribution in [0, 0.1) is 11.7 Å². The van der Waals surface area contributed by atoms with Crippen molar-refractivity contribution in [2.45, 2.75) is 12.8 Å². The molecule has 4 heterocycles. The number of H-pyrrole nitrogens is 1. The molecule has 0 bridgehead atoms. The molecule has 0 spiro atoms. The number of hydrogen-bond donors (Lipinski definition) is 1. The summed E-state index contributed by atoms with van der Waals surface area (Å²) in [6.45, 7) is 0.750. The van der Waals surface area contributed by atoms with Crippen LogP contribution in [0.1, 0.15) is 33.6 Å². The number of pyridine rings is 1. The molecule has 1 N–H and O–H groups in total. The first-order chi connectivity index (χ1) is 16.0. The van der Waals surface area contributed by atoms with Crippen LogP contribution >= 0.6 is 0 Å². The van der Waals surface area contributed by atoms with Gasteiger partial charge in [-0.25, -0.2) is 14.1 Å². The second-order valence-corrected chi connectivity index (χ2v) is 7.86. The fourth-order valence-corrected chi connectivity index (χ4v) is 4.19. The predicted molar refractivity (Wildman–Crippen MR) is 115 cm³/mol. The van der Waals surface area contributed by atoms with Crippen molar-refractivity contribution in [3.8, 4) is 5.82 Å². The molecule has 0 atom stereocenters. The standard InChI is InChI=1S/C23H19FN6O3/c24-17-13-26-22(30-11-8-27-28-30)19-18(17)16(12-25-19)21(32)20(31)14-6-9-29(10-7-14)23(33)15-4-2-1-3-5-15/h1-5,8,11-14,25H,6-7,9-10H2. The number of hydrogen-bond acceptors (Lipinski definition) is 6. The van der Waals surface area contributed by atoms with Gasteiger partial charge in [0, 0.05) is 30.8 Å². The van der Waals surface area contributed by atoms with Gasteiger partial charge < -0.3 is 9.88 Å². The molecule has 33 heavy (non-hydrogen) atoms. The highest BCUT2D eigenvalue weighted by molar-refractivity contribution is 6.46. The van der Waals surface area contributed by atoms with E-state index >= 15 is 0 Å². The fourth-order valence-electron chi connectivity index (χ4n) is 4.19. The summed E-state index contributed by atoms with van der Waals surface area (Å²) in [5, 5.41) is 7.55. The lowest BCUT2D eigenvalue weighted by Crippen LogP contribution is -2.41. The van der Waals surface area contributed by atoms with E-state index in [9.17, 15) is 18.8 Å². The fraction of sp³-hybridized carbons (Fsp3) is 0.217. The van der Waals surface area contributed by atoms with Crippen molar-refractivity contribution in [3.63, 3.8) is 0 Å². The number of aromatic amines is 1. The van der Waals surface area contributed by atoms with Crippen LogP contribution in [0.5, 0.6) is 0 Å². The number of Topliss-reactive ketones (excluding diaryl/α,β-unsaturated/α-hetero) is 2. The molecule has 1 aliphatic heterocycles. The molecular weight excluding hydrogens is 427 g/mol. The van der Waals surface area contributed by atoms with Crippen molar-refractivity contribution in [2.75, 3.05) is 13.1 Å². The molecule has 0 radical (unpaired) electrons. The van der Waals surface area contributed by atoms with Crippen LogP contribution in [0.4, 0.5) is 4.39 Å². The molecule has 1 amide bonds. The van der Waals surface area contributed by atoms with E-state index in [1.807, 2.05) is 6.07 Å². The predicted octanol–water partition coefficient (Wildman–Crippen LogP) is 2.59. The number of benzene rings is 1. The van der Waals surface area contributed by atoms with Crippen molar-refractivity contribution in [1.82, 2.24) is 29.9 Å². The van der Waals surface area contributed by atoms with E-state index in [1.54, 1.807) is 29.2 Å². The minimum absolute atomic E-state index is 0.00876. The van der Waals surface area contributed by atoms with Gasteiger partial charge in [-0.1, -0.05) is 23.4 Å². The third kappa shape index (κ3) is 3.69. The Bertz CT molecular complexity index is 1340. The number of likely N-dealkylation sites (tertiary alicyclic amines) is 1. The molecule has 166 valence electrons. The number of piperidine rings is 1. The Kier molecular flexibility index (Phi) is 5.25. The molecule has 1 aliphatic rings. The molecule has 0 saturated carbocycles. The van der Waals surface area contributed by atoms with Crippen LogP contribution in [0.2, 0.25) is 0 Å². The van der Waals surface area contributed by atoms with Gasteiger partial charge in [0.1, 0.15) is 0 Å². The Morgan fingerprint density at radius 3 is 2.55 bits per heavy atom. The van der Waals surface area contributed by atoms with E-state index in [4.69, 9.17) is 0 Å². The monoisotopic (exact) mass is 446 g/mol. The third-order valence-electron chi connectivity index (χ3n) is 5.92. The van der Waals surface area contributed by atoms with Gasteiger partial charge in [-0.15, -0.1) is 5.10 Å². The Hall–Kier alpha value is -4.21. The van der Waals surface area contributed by atoms with Crippen LogP contribution in [0.3, 0.4) is 0 Å². The molecule has 9 nitrogen and oxygen atoms in total. The number of fused-ring (bicyclic) bond motifs is 1. The average Bonchev–Trinajstić information content (AvgIpc) is 3.55. The lowest BCUT2D eigenvalue weighted by molar-refractivity contribution is -0.119. The second-order valence-electron chi connectivity index (χ2n) is 7.86. The second kappa shape index (κ2) is 8.38. The maximum Gasteiger partial charge on any atom is 0.253 e. The molecule has 1 fully saturated rings. The number of amides is 1. The zero-order chi connectivity index (χ0) is 22.9. The largest absolute Gasteiger partial charge is 0.357 e. The summed E-state index contributed by atoms with van der Waals surface area (Å²) in [4.78, 5) is 47.2. The van der Waals surface area contributed by atoms with Crippen molar-refractivity contribution < 1.29 is 18.8 Å². The first-order valence-electron chi connectivity index (χ1n) is 10.5. The van der Waals surface area contributed by atoms with Gasteiger partial charge in [0.25, 0.3) is 5.91 Å². The molecule has 3 aromatic heterocycles. The molecule has 1 saturated heterocycles. The van der Waals surface area contributed by atoms with Crippen molar-refractivity contribution >= 4 is 28.4 Å². The lowest BCUT2D eigenvalue weighted by atomic mass is 9.88. The first-order valence-corrected chi connectivity index (χ1v) is 10.5. The zero-order valence-corrected chi connectivity index (χ0v) is 17.4. The van der Waals surface area contributed by atoms with Crippen molar-refractivity contribution in [2.24, 2.45) is 5.92 Å². The van der Waals surface area contributed by atoms with Gasteiger partial charge in [0.15, 0.2) is 11.6 Å². The van der Waals surface area contributed by atoms with E-state index in [0.717, 1.165) is 6.20 Å². The minimum atomic E-state index is -0.760. The van der Waals surface area contributed by atoms with Crippen LogP contribution in [-0.2, 0) is 4.79 Å². The van der Waals surface area contributed by atoms with Crippen LogP contribution in [0.15, 0.2) is 55.1 Å². The van der Waals surface area contributed by atoms with Crippen molar-refractivity contribution in [3.05, 3.63) is 72.1 Å². The SMILES string of the molecule is O=C(C(=O)C1CCN(C(=O)c2ccccc2)CC1)c1c[nH]c2c(-n3ccnn3)ncc(F)c12. The van der Waals surface area contributed by atoms with E-state index in [1.165, 1.54) is 23.3 Å². The number of nitrogens with zero attached hydrogens (tertiary/aromatic N) is 5. The Labute approximate surface area is 187 Å². The van der Waals surface area contributed by atoms with Gasteiger partial charge in [0.2, 0.25) is 11.6 Å². The number of ketones is 2. The van der Waals surface area contributed by atoms with Crippen LogP contribution in [0.25, 0.3) is 16.7 Å². The van der Waals surface area contributed by atoms with E-state index in [0.29, 0.717) is 31.5 Å².